The normalized spacial score (nSPS) is 12.1. The molecule has 0 fully saturated rings. The zero-order chi connectivity index (χ0) is 31.0. The lowest BCUT2D eigenvalue weighted by atomic mass is 10.1. The Hall–Kier alpha value is -4.86. The van der Waals surface area contributed by atoms with Crippen molar-refractivity contribution < 1.29 is 18.8 Å². The molecule has 3 aromatic carbocycles. The maximum atomic E-state index is 14.4. The van der Waals surface area contributed by atoms with Crippen LogP contribution in [0.1, 0.15) is 47.1 Å². The summed E-state index contributed by atoms with van der Waals surface area (Å²) >= 11 is 7.44. The summed E-state index contributed by atoms with van der Waals surface area (Å²) in [7, 11) is 0. The van der Waals surface area contributed by atoms with Crippen LogP contribution < -0.4 is 15.5 Å². The minimum atomic E-state index is -0.488. The van der Waals surface area contributed by atoms with Crippen molar-refractivity contribution >= 4 is 57.7 Å². The Balaban J connectivity index is 1.23. The number of hydrogen-bond donors (Lipinski definition) is 2. The minimum Gasteiger partial charge on any atom is -0.319 e. The largest absolute Gasteiger partial charge is 0.319 e. The van der Waals surface area contributed by atoms with E-state index in [1.807, 2.05) is 37.3 Å². The number of nitrogens with zero attached hydrogens (tertiary/aromatic N) is 2. The third-order valence-corrected chi connectivity index (χ3v) is 8.91. The highest BCUT2D eigenvalue weighted by Gasteiger charge is 2.28. The predicted molar refractivity (Wildman–Crippen MR) is 173 cm³/mol. The molecule has 44 heavy (non-hydrogen) atoms. The van der Waals surface area contributed by atoms with Crippen molar-refractivity contribution in [1.82, 2.24) is 4.98 Å². The van der Waals surface area contributed by atoms with E-state index >= 15 is 0 Å². The van der Waals surface area contributed by atoms with E-state index in [-0.39, 0.29) is 28.6 Å². The van der Waals surface area contributed by atoms with Gasteiger partial charge in [-0.3, -0.25) is 14.4 Å². The highest BCUT2D eigenvalue weighted by molar-refractivity contribution is 7.17. The smallest absolute Gasteiger partial charge is 0.265 e. The lowest BCUT2D eigenvalue weighted by molar-refractivity contribution is 0.0983. The first-order chi connectivity index (χ1) is 21.2. The number of carbonyl (C=O) groups excluding carboxylic acids is 3. The number of carbonyl (C=O) groups is 3. The first-order valence-corrected chi connectivity index (χ1v) is 15.0. The van der Waals surface area contributed by atoms with Crippen molar-refractivity contribution in [3.8, 4) is 10.4 Å². The summed E-state index contributed by atoms with van der Waals surface area (Å²) in [6, 6.07) is 22.2. The van der Waals surface area contributed by atoms with Crippen molar-refractivity contribution in [3.63, 3.8) is 0 Å². The molecule has 2 aromatic heterocycles. The standard InChI is InChI=1S/C34H26ClFN4O3S/c1-19-16-26(31(35)37-18-19)38-32(41)21-10-12-22(13-11-21)34(43)40-15-14-23-17-28(44-30(23)24-7-3-4-9-27(24)40)33(42)39-29-20(2)6-5-8-25(29)36/h3-13,16-18H,14-15H2,1-2H3,(H,38,41)(H,39,42). The van der Waals surface area contributed by atoms with Gasteiger partial charge in [0, 0.05) is 34.3 Å². The van der Waals surface area contributed by atoms with Crippen LogP contribution in [0.4, 0.5) is 21.5 Å². The SMILES string of the molecule is Cc1cnc(Cl)c(NC(=O)c2ccc(C(=O)N3CCc4cc(C(=O)Nc5c(C)cccc5F)sc4-c4ccccc43)cc2)c1. The highest BCUT2D eigenvalue weighted by Crippen LogP contribution is 2.42. The molecular formula is C34H26ClFN4O3S. The molecule has 0 spiro atoms. The van der Waals surface area contributed by atoms with Gasteiger partial charge in [0.15, 0.2) is 5.15 Å². The first-order valence-electron chi connectivity index (χ1n) is 13.8. The Kier molecular flexibility index (Phi) is 7.99. The van der Waals surface area contributed by atoms with Crippen molar-refractivity contribution in [3.05, 3.63) is 129 Å². The molecule has 0 aliphatic carbocycles. The van der Waals surface area contributed by atoms with Gasteiger partial charge in [0.25, 0.3) is 17.7 Å². The number of anilines is 3. The number of hydrogen-bond acceptors (Lipinski definition) is 5. The van der Waals surface area contributed by atoms with Crippen LogP contribution in [0.5, 0.6) is 0 Å². The second-order valence-electron chi connectivity index (χ2n) is 10.5. The van der Waals surface area contributed by atoms with Crippen molar-refractivity contribution in [2.45, 2.75) is 20.3 Å². The second-order valence-corrected chi connectivity index (χ2v) is 11.9. The number of rotatable bonds is 5. The third kappa shape index (κ3) is 5.71. The van der Waals surface area contributed by atoms with E-state index in [1.54, 1.807) is 60.5 Å². The first kappa shape index (κ1) is 29.2. The molecule has 0 atom stereocenters. The van der Waals surface area contributed by atoms with Gasteiger partial charge < -0.3 is 15.5 Å². The fraction of sp³-hybridized carbons (Fsp3) is 0.118. The van der Waals surface area contributed by atoms with E-state index in [1.165, 1.54) is 17.4 Å². The molecule has 3 heterocycles. The van der Waals surface area contributed by atoms with Crippen molar-refractivity contribution in [1.29, 1.82) is 0 Å². The quantitative estimate of drug-likeness (QED) is 0.194. The van der Waals surface area contributed by atoms with Gasteiger partial charge in [-0.15, -0.1) is 11.3 Å². The van der Waals surface area contributed by atoms with Gasteiger partial charge in [-0.25, -0.2) is 9.37 Å². The van der Waals surface area contributed by atoms with Gasteiger partial charge in [0.1, 0.15) is 5.82 Å². The zero-order valence-electron chi connectivity index (χ0n) is 23.8. The summed E-state index contributed by atoms with van der Waals surface area (Å²) in [6.07, 6.45) is 2.13. The highest BCUT2D eigenvalue weighted by atomic mass is 35.5. The van der Waals surface area contributed by atoms with Crippen molar-refractivity contribution in [2.75, 3.05) is 22.1 Å². The monoisotopic (exact) mass is 624 g/mol. The number of aryl methyl sites for hydroxylation is 2. The van der Waals surface area contributed by atoms with E-state index in [4.69, 9.17) is 11.6 Å². The molecule has 5 aromatic rings. The average molecular weight is 625 g/mol. The number of benzene rings is 3. The number of fused-ring (bicyclic) bond motifs is 3. The molecule has 0 unspecified atom stereocenters. The number of halogens is 2. The Morgan fingerprint density at radius 1 is 0.909 bits per heavy atom. The van der Waals surface area contributed by atoms with Crippen LogP contribution in [0, 0.1) is 19.7 Å². The molecule has 1 aliphatic heterocycles. The molecule has 10 heteroatoms. The van der Waals surface area contributed by atoms with Gasteiger partial charge in [0.2, 0.25) is 0 Å². The molecule has 0 saturated carbocycles. The molecule has 0 radical (unpaired) electrons. The molecule has 0 saturated heterocycles. The molecule has 2 N–H and O–H groups in total. The fourth-order valence-corrected chi connectivity index (χ4v) is 6.43. The molecule has 6 rings (SSSR count). The molecular weight excluding hydrogens is 599 g/mol. The van der Waals surface area contributed by atoms with Gasteiger partial charge in [-0.2, -0.15) is 0 Å². The fourth-order valence-electron chi connectivity index (χ4n) is 5.14. The number of nitrogens with one attached hydrogen (secondary N) is 2. The van der Waals surface area contributed by atoms with Crippen LogP contribution in [0.25, 0.3) is 10.4 Å². The molecule has 1 aliphatic rings. The average Bonchev–Trinajstić information content (AvgIpc) is 3.39. The summed E-state index contributed by atoms with van der Waals surface area (Å²) in [5, 5.41) is 5.67. The summed E-state index contributed by atoms with van der Waals surface area (Å²) in [4.78, 5) is 46.9. The summed E-state index contributed by atoms with van der Waals surface area (Å²) < 4.78 is 14.4. The maximum Gasteiger partial charge on any atom is 0.265 e. The summed E-state index contributed by atoms with van der Waals surface area (Å²) in [5.74, 6) is -1.45. The number of pyridine rings is 1. The Labute approximate surface area is 262 Å². The van der Waals surface area contributed by atoms with Crippen molar-refractivity contribution in [2.24, 2.45) is 0 Å². The Morgan fingerprint density at radius 2 is 1.66 bits per heavy atom. The topological polar surface area (TPSA) is 91.4 Å². The van der Waals surface area contributed by atoms with E-state index in [0.29, 0.717) is 40.2 Å². The number of aromatic nitrogens is 1. The van der Waals surface area contributed by atoms with Crippen LogP contribution >= 0.6 is 22.9 Å². The maximum absolute atomic E-state index is 14.4. The molecule has 3 amide bonds. The van der Waals surface area contributed by atoms with Crippen LogP contribution in [-0.4, -0.2) is 29.3 Å². The van der Waals surface area contributed by atoms with E-state index < -0.39 is 5.82 Å². The van der Waals surface area contributed by atoms with Gasteiger partial charge >= 0.3 is 0 Å². The lowest BCUT2D eigenvalue weighted by Crippen LogP contribution is -2.32. The molecule has 7 nitrogen and oxygen atoms in total. The van der Waals surface area contributed by atoms with Crippen LogP contribution in [0.2, 0.25) is 5.15 Å². The van der Waals surface area contributed by atoms with Crippen LogP contribution in [0.3, 0.4) is 0 Å². The van der Waals surface area contributed by atoms with E-state index in [9.17, 15) is 18.8 Å². The predicted octanol–water partition coefficient (Wildman–Crippen LogP) is 7.93. The van der Waals surface area contributed by atoms with E-state index in [2.05, 4.69) is 15.6 Å². The van der Waals surface area contributed by atoms with Gasteiger partial charge in [-0.1, -0.05) is 41.9 Å². The number of amides is 3. The van der Waals surface area contributed by atoms with Gasteiger partial charge in [-0.05, 0) is 85.5 Å². The van der Waals surface area contributed by atoms with E-state index in [0.717, 1.165) is 27.3 Å². The lowest BCUT2D eigenvalue weighted by Gasteiger charge is -2.23. The number of para-hydroxylation sites is 2. The zero-order valence-corrected chi connectivity index (χ0v) is 25.4. The molecule has 0 bridgehead atoms. The summed E-state index contributed by atoms with van der Waals surface area (Å²) in [6.45, 7) is 3.98. The Bertz CT molecular complexity index is 1920. The van der Waals surface area contributed by atoms with Gasteiger partial charge in [0.05, 0.1) is 21.9 Å². The summed E-state index contributed by atoms with van der Waals surface area (Å²) in [5.41, 5.74) is 5.35. The minimum absolute atomic E-state index is 0.165. The third-order valence-electron chi connectivity index (χ3n) is 7.40. The number of thiophene rings is 1. The Morgan fingerprint density at radius 3 is 2.43 bits per heavy atom. The van der Waals surface area contributed by atoms with Crippen LogP contribution in [0.15, 0.2) is 85.1 Å². The molecule has 220 valence electrons. The second kappa shape index (κ2) is 12.0. The van der Waals surface area contributed by atoms with Crippen LogP contribution in [-0.2, 0) is 6.42 Å².